The fourth-order valence-electron chi connectivity index (χ4n) is 3.83. The molecule has 0 saturated carbocycles. The number of hydrogen-bond acceptors (Lipinski definition) is 2. The molecule has 2 rings (SSSR count). The quantitative estimate of drug-likeness (QED) is 0.872. The van der Waals surface area contributed by atoms with E-state index in [2.05, 4.69) is 76.4 Å². The van der Waals surface area contributed by atoms with Gasteiger partial charge in [0, 0.05) is 23.2 Å². The van der Waals surface area contributed by atoms with Crippen molar-refractivity contribution in [2.45, 2.75) is 77.5 Å². The molecular formula is C18H30N2. The predicted octanol–water partition coefficient (Wildman–Crippen LogP) is 3.95. The number of aryl methyl sites for hydroxylation is 1. The minimum Gasteiger partial charge on any atom is -0.307 e. The van der Waals surface area contributed by atoms with Gasteiger partial charge in [0.2, 0.25) is 0 Å². The van der Waals surface area contributed by atoms with E-state index in [1.54, 1.807) is 0 Å². The van der Waals surface area contributed by atoms with Crippen LogP contribution in [0.15, 0.2) is 24.3 Å². The molecule has 0 bridgehead atoms. The lowest BCUT2D eigenvalue weighted by molar-refractivity contribution is 0.141. The van der Waals surface area contributed by atoms with Crippen LogP contribution in [0.2, 0.25) is 0 Å². The summed E-state index contributed by atoms with van der Waals surface area (Å²) in [5.74, 6) is 0. The van der Waals surface area contributed by atoms with E-state index in [1.165, 1.54) is 24.0 Å². The lowest BCUT2D eigenvalue weighted by Gasteiger charge is -2.47. The van der Waals surface area contributed by atoms with Crippen molar-refractivity contribution in [1.82, 2.24) is 10.6 Å². The molecule has 0 aromatic heterocycles. The van der Waals surface area contributed by atoms with Crippen LogP contribution in [0.25, 0.3) is 0 Å². The van der Waals surface area contributed by atoms with Crippen molar-refractivity contribution in [2.75, 3.05) is 0 Å². The van der Waals surface area contributed by atoms with Crippen molar-refractivity contribution in [3.05, 3.63) is 35.4 Å². The number of nitrogens with one attached hydrogen (secondary N) is 2. The second-order valence-electron chi connectivity index (χ2n) is 7.80. The summed E-state index contributed by atoms with van der Waals surface area (Å²) in [6.45, 7) is 13.7. The first-order valence-electron chi connectivity index (χ1n) is 7.79. The Morgan fingerprint density at radius 1 is 1.15 bits per heavy atom. The Kier molecular flexibility index (Phi) is 4.27. The summed E-state index contributed by atoms with van der Waals surface area (Å²) in [4.78, 5) is 0. The molecule has 0 aliphatic carbocycles. The second-order valence-corrected chi connectivity index (χ2v) is 7.80. The van der Waals surface area contributed by atoms with Gasteiger partial charge in [-0.15, -0.1) is 0 Å². The van der Waals surface area contributed by atoms with Gasteiger partial charge in [-0.2, -0.15) is 0 Å². The first-order valence-corrected chi connectivity index (χ1v) is 7.79. The van der Waals surface area contributed by atoms with Crippen LogP contribution in [-0.2, 0) is 0 Å². The van der Waals surface area contributed by atoms with E-state index in [0.29, 0.717) is 12.1 Å². The third-order valence-corrected chi connectivity index (χ3v) is 4.22. The maximum absolute atomic E-state index is 3.83. The molecule has 1 heterocycles. The molecule has 0 radical (unpaired) electrons. The van der Waals surface area contributed by atoms with Crippen molar-refractivity contribution >= 4 is 0 Å². The van der Waals surface area contributed by atoms with Crippen molar-refractivity contribution in [3.63, 3.8) is 0 Å². The van der Waals surface area contributed by atoms with Gasteiger partial charge < -0.3 is 10.6 Å². The Hall–Kier alpha value is -0.860. The predicted molar refractivity (Wildman–Crippen MR) is 87.0 cm³/mol. The lowest BCUT2D eigenvalue weighted by atomic mass is 9.79. The molecular weight excluding hydrogens is 244 g/mol. The zero-order valence-electron chi connectivity index (χ0n) is 13.9. The summed E-state index contributed by atoms with van der Waals surface area (Å²) in [5.41, 5.74) is 3.12. The van der Waals surface area contributed by atoms with E-state index < -0.39 is 0 Å². The third kappa shape index (κ3) is 4.07. The van der Waals surface area contributed by atoms with Crippen LogP contribution >= 0.6 is 0 Å². The van der Waals surface area contributed by atoms with Crippen LogP contribution in [0.4, 0.5) is 0 Å². The van der Waals surface area contributed by atoms with Crippen LogP contribution in [0.1, 0.15) is 64.6 Å². The van der Waals surface area contributed by atoms with Crippen LogP contribution < -0.4 is 10.6 Å². The summed E-state index contributed by atoms with van der Waals surface area (Å²) in [7, 11) is 0. The minimum atomic E-state index is 0.200. The zero-order chi connectivity index (χ0) is 15.0. The molecule has 2 nitrogen and oxygen atoms in total. The van der Waals surface area contributed by atoms with Crippen molar-refractivity contribution in [3.8, 4) is 0 Å². The van der Waals surface area contributed by atoms with Crippen LogP contribution in [0.5, 0.6) is 0 Å². The Balaban J connectivity index is 2.05. The fraction of sp³-hybridized carbons (Fsp3) is 0.667. The number of piperidine rings is 1. The standard InChI is InChI=1S/C18H30N2/c1-13-8-7-9-15(10-13)14(2)19-16-11-17(3,4)20-18(5,6)12-16/h7-10,14,16,19-20H,11-12H2,1-6H3. The molecule has 1 unspecified atom stereocenters. The Bertz CT molecular complexity index is 446. The van der Waals surface area contributed by atoms with Crippen LogP contribution in [0, 0.1) is 6.92 Å². The molecule has 1 fully saturated rings. The Labute approximate surface area is 124 Å². The molecule has 2 N–H and O–H groups in total. The van der Waals surface area contributed by atoms with Crippen molar-refractivity contribution in [2.24, 2.45) is 0 Å². The van der Waals surface area contributed by atoms with Gasteiger partial charge in [0.05, 0.1) is 0 Å². The number of rotatable bonds is 3. The zero-order valence-corrected chi connectivity index (χ0v) is 13.9. The van der Waals surface area contributed by atoms with Gasteiger partial charge in [0.15, 0.2) is 0 Å². The maximum atomic E-state index is 3.83. The van der Waals surface area contributed by atoms with Crippen LogP contribution in [0.3, 0.4) is 0 Å². The third-order valence-electron chi connectivity index (χ3n) is 4.22. The van der Waals surface area contributed by atoms with Gasteiger partial charge in [0.1, 0.15) is 0 Å². The average molecular weight is 274 g/mol. The van der Waals surface area contributed by atoms with E-state index in [0.717, 1.165) is 0 Å². The van der Waals surface area contributed by atoms with E-state index in [-0.39, 0.29) is 11.1 Å². The van der Waals surface area contributed by atoms with Gasteiger partial charge in [-0.3, -0.25) is 0 Å². The Morgan fingerprint density at radius 2 is 1.75 bits per heavy atom. The fourth-order valence-corrected chi connectivity index (χ4v) is 3.83. The summed E-state index contributed by atoms with van der Waals surface area (Å²) < 4.78 is 0. The Morgan fingerprint density at radius 3 is 2.30 bits per heavy atom. The van der Waals surface area contributed by atoms with Gasteiger partial charge in [-0.05, 0) is 59.9 Å². The maximum Gasteiger partial charge on any atom is 0.0294 e. The molecule has 0 spiro atoms. The molecule has 1 atom stereocenters. The highest BCUT2D eigenvalue weighted by Gasteiger charge is 2.37. The van der Waals surface area contributed by atoms with Crippen molar-refractivity contribution in [1.29, 1.82) is 0 Å². The van der Waals surface area contributed by atoms with E-state index >= 15 is 0 Å². The molecule has 1 saturated heterocycles. The highest BCUT2D eigenvalue weighted by Crippen LogP contribution is 2.30. The summed E-state index contributed by atoms with van der Waals surface area (Å²) in [6.07, 6.45) is 2.35. The number of hydrogen-bond donors (Lipinski definition) is 2. The molecule has 1 aliphatic rings. The minimum absolute atomic E-state index is 0.200. The van der Waals surface area contributed by atoms with Crippen molar-refractivity contribution < 1.29 is 0 Å². The summed E-state index contributed by atoms with van der Waals surface area (Å²) in [6, 6.07) is 9.80. The molecule has 1 aromatic rings. The highest BCUT2D eigenvalue weighted by molar-refractivity contribution is 5.24. The van der Waals surface area contributed by atoms with E-state index in [4.69, 9.17) is 0 Å². The van der Waals surface area contributed by atoms with Gasteiger partial charge in [-0.1, -0.05) is 29.8 Å². The smallest absolute Gasteiger partial charge is 0.0294 e. The average Bonchev–Trinajstić information content (AvgIpc) is 2.24. The topological polar surface area (TPSA) is 24.1 Å². The van der Waals surface area contributed by atoms with E-state index in [1.807, 2.05) is 0 Å². The van der Waals surface area contributed by atoms with E-state index in [9.17, 15) is 0 Å². The first-order chi connectivity index (χ1) is 9.17. The van der Waals surface area contributed by atoms with Gasteiger partial charge >= 0.3 is 0 Å². The second kappa shape index (κ2) is 5.50. The van der Waals surface area contributed by atoms with Crippen LogP contribution in [-0.4, -0.2) is 17.1 Å². The molecule has 20 heavy (non-hydrogen) atoms. The van der Waals surface area contributed by atoms with Gasteiger partial charge in [-0.25, -0.2) is 0 Å². The molecule has 1 aliphatic heterocycles. The molecule has 0 amide bonds. The highest BCUT2D eigenvalue weighted by atomic mass is 15.1. The SMILES string of the molecule is Cc1cccc(C(C)NC2CC(C)(C)NC(C)(C)C2)c1. The first kappa shape index (κ1) is 15.5. The summed E-state index contributed by atoms with van der Waals surface area (Å²) >= 11 is 0. The number of benzene rings is 1. The summed E-state index contributed by atoms with van der Waals surface area (Å²) in [5, 5.41) is 7.58. The molecule has 2 heteroatoms. The lowest BCUT2D eigenvalue weighted by Crippen LogP contribution is -2.61. The normalized spacial score (nSPS) is 23.5. The molecule has 1 aromatic carbocycles. The van der Waals surface area contributed by atoms with Gasteiger partial charge in [0.25, 0.3) is 0 Å². The largest absolute Gasteiger partial charge is 0.307 e. The molecule has 112 valence electrons. The monoisotopic (exact) mass is 274 g/mol.